The summed E-state index contributed by atoms with van der Waals surface area (Å²) in [7, 11) is -2.26. The minimum atomic E-state index is -4.02. The van der Waals surface area contributed by atoms with Crippen LogP contribution in [0.15, 0.2) is 63.9 Å². The van der Waals surface area contributed by atoms with Gasteiger partial charge in [0, 0.05) is 47.7 Å². The van der Waals surface area contributed by atoms with Gasteiger partial charge in [0.15, 0.2) is 0 Å². The maximum absolute atomic E-state index is 13.5. The highest BCUT2D eigenvalue weighted by Crippen LogP contribution is 2.23. The Morgan fingerprint density at radius 3 is 2.45 bits per heavy atom. The lowest BCUT2D eigenvalue weighted by molar-refractivity contribution is 0.0951. The smallest absolute Gasteiger partial charge is 0.333 e. The predicted molar refractivity (Wildman–Crippen MR) is 163 cm³/mol. The Labute approximate surface area is 246 Å². The third-order valence-electron chi connectivity index (χ3n) is 6.92. The molecule has 12 nitrogen and oxygen atoms in total. The molecule has 0 saturated carbocycles. The van der Waals surface area contributed by atoms with Crippen LogP contribution in [0.5, 0.6) is 0 Å². The monoisotopic (exact) mass is 609 g/mol. The summed E-state index contributed by atoms with van der Waals surface area (Å²) < 4.78 is 28.1. The van der Waals surface area contributed by atoms with E-state index in [2.05, 4.69) is 25.8 Å². The molecule has 14 heteroatoms. The molecule has 0 aliphatic carbocycles. The van der Waals surface area contributed by atoms with Crippen LogP contribution in [0.3, 0.4) is 0 Å². The molecule has 5 rings (SSSR count). The van der Waals surface area contributed by atoms with E-state index in [1.54, 1.807) is 38.2 Å². The molecule has 220 valence electrons. The maximum Gasteiger partial charge on any atom is 0.333 e. The quantitative estimate of drug-likeness (QED) is 0.226. The Morgan fingerprint density at radius 1 is 1.02 bits per heavy atom. The van der Waals surface area contributed by atoms with Crippen LogP contribution in [0.25, 0.3) is 16.6 Å². The van der Waals surface area contributed by atoms with Gasteiger partial charge in [-0.1, -0.05) is 0 Å². The molecule has 42 heavy (non-hydrogen) atoms. The number of aryl methyl sites for hydroxylation is 1. The number of nitrogens with zero attached hydrogens (tertiary/aromatic N) is 3. The Bertz CT molecular complexity index is 1790. The molecule has 0 spiro atoms. The van der Waals surface area contributed by atoms with E-state index in [0.717, 1.165) is 54.4 Å². The first-order valence-corrected chi connectivity index (χ1v) is 15.7. The van der Waals surface area contributed by atoms with E-state index in [9.17, 15) is 22.8 Å². The molecule has 0 unspecified atom stereocenters. The maximum atomic E-state index is 13.5. The first kappa shape index (κ1) is 29.2. The Morgan fingerprint density at radius 2 is 1.79 bits per heavy atom. The second kappa shape index (κ2) is 12.3. The van der Waals surface area contributed by atoms with Crippen molar-refractivity contribution in [3.8, 4) is 5.82 Å². The molecule has 0 radical (unpaired) electrons. The number of carbonyl (C=O) groups excluding carboxylic acids is 2. The normalized spacial score (nSPS) is 13.7. The number of pyridine rings is 2. The van der Waals surface area contributed by atoms with Crippen molar-refractivity contribution < 1.29 is 18.0 Å². The molecule has 0 bridgehead atoms. The van der Waals surface area contributed by atoms with Crippen molar-refractivity contribution >= 4 is 55.4 Å². The van der Waals surface area contributed by atoms with Crippen LogP contribution in [0.2, 0.25) is 0 Å². The van der Waals surface area contributed by atoms with Crippen LogP contribution in [-0.2, 0) is 10.0 Å². The van der Waals surface area contributed by atoms with Gasteiger partial charge >= 0.3 is 6.03 Å². The molecule has 4 aromatic rings. The van der Waals surface area contributed by atoms with Crippen LogP contribution in [0.1, 0.15) is 28.1 Å². The number of likely N-dealkylation sites (tertiary alicyclic amines) is 1. The van der Waals surface area contributed by atoms with Gasteiger partial charge < -0.3 is 20.9 Å². The largest absolute Gasteiger partial charge is 0.388 e. The fraction of sp³-hybridized carbons (Fsp3) is 0.286. The zero-order valence-corrected chi connectivity index (χ0v) is 24.8. The molecule has 1 aromatic carbocycles. The van der Waals surface area contributed by atoms with Gasteiger partial charge in [0.25, 0.3) is 21.5 Å². The van der Waals surface area contributed by atoms with E-state index >= 15 is 0 Å². The van der Waals surface area contributed by atoms with Crippen molar-refractivity contribution in [2.45, 2.75) is 24.0 Å². The molecule has 1 aliphatic rings. The molecular formula is C28H31N7O5S2. The van der Waals surface area contributed by atoms with Crippen LogP contribution < -0.4 is 26.2 Å². The van der Waals surface area contributed by atoms with E-state index in [-0.39, 0.29) is 27.2 Å². The van der Waals surface area contributed by atoms with Gasteiger partial charge in [-0.05, 0) is 75.3 Å². The average Bonchev–Trinajstić information content (AvgIpc) is 3.65. The van der Waals surface area contributed by atoms with Gasteiger partial charge in [-0.25, -0.2) is 22.9 Å². The number of aromatic nitrogens is 2. The number of hydrogen-bond donors (Lipinski definition) is 4. The molecule has 4 heterocycles. The van der Waals surface area contributed by atoms with Crippen molar-refractivity contribution in [3.63, 3.8) is 0 Å². The van der Waals surface area contributed by atoms with Crippen LogP contribution in [0.4, 0.5) is 16.2 Å². The fourth-order valence-electron chi connectivity index (χ4n) is 4.76. The van der Waals surface area contributed by atoms with Crippen molar-refractivity contribution in [3.05, 3.63) is 75.7 Å². The summed E-state index contributed by atoms with van der Waals surface area (Å²) in [6.07, 6.45) is 5.09. The van der Waals surface area contributed by atoms with Gasteiger partial charge in [0.05, 0.1) is 17.4 Å². The van der Waals surface area contributed by atoms with E-state index < -0.39 is 16.1 Å². The third-order valence-corrected chi connectivity index (χ3v) is 9.75. The van der Waals surface area contributed by atoms with Crippen molar-refractivity contribution in [1.82, 2.24) is 24.5 Å². The number of hydrogen-bond acceptors (Lipinski definition) is 9. The van der Waals surface area contributed by atoms with E-state index in [1.807, 2.05) is 4.72 Å². The van der Waals surface area contributed by atoms with Crippen LogP contribution in [0, 0.1) is 6.92 Å². The number of rotatable bonds is 9. The zero-order valence-electron chi connectivity index (χ0n) is 23.1. The van der Waals surface area contributed by atoms with E-state index in [0.29, 0.717) is 22.9 Å². The summed E-state index contributed by atoms with van der Waals surface area (Å²) >= 11 is 1.05. The molecule has 3 aromatic heterocycles. The minimum absolute atomic E-state index is 0.0250. The number of urea groups is 1. The highest BCUT2D eigenvalue weighted by atomic mass is 32.2. The third kappa shape index (κ3) is 6.45. The highest BCUT2D eigenvalue weighted by molar-refractivity contribution is 7.92. The summed E-state index contributed by atoms with van der Waals surface area (Å²) in [5.74, 6) is -0.0864. The molecule has 3 amide bonds. The number of thiophene rings is 1. The predicted octanol–water partition coefficient (Wildman–Crippen LogP) is 3.13. The van der Waals surface area contributed by atoms with Gasteiger partial charge in [-0.3, -0.25) is 14.2 Å². The number of benzene rings is 1. The molecule has 1 saturated heterocycles. The lowest BCUT2D eigenvalue weighted by Gasteiger charge is -2.16. The first-order valence-electron chi connectivity index (χ1n) is 13.4. The summed E-state index contributed by atoms with van der Waals surface area (Å²) in [6.45, 7) is 5.05. The summed E-state index contributed by atoms with van der Waals surface area (Å²) in [5, 5.41) is 9.31. The first-order chi connectivity index (χ1) is 20.1. The highest BCUT2D eigenvalue weighted by Gasteiger charge is 2.20. The van der Waals surface area contributed by atoms with Gasteiger partial charge in [-0.2, -0.15) is 0 Å². The molecule has 0 atom stereocenters. The Hall–Kier alpha value is -4.27. The molecule has 1 fully saturated rings. The molecule has 1 aliphatic heterocycles. The lowest BCUT2D eigenvalue weighted by Crippen LogP contribution is -2.34. The Balaban J connectivity index is 1.38. The molecule has 4 N–H and O–H groups in total. The molecular weight excluding hydrogens is 578 g/mol. The van der Waals surface area contributed by atoms with Gasteiger partial charge in [0.1, 0.15) is 10.0 Å². The fourth-order valence-corrected chi connectivity index (χ4v) is 6.95. The van der Waals surface area contributed by atoms with E-state index in [4.69, 9.17) is 0 Å². The standard InChI is InChI=1S/C28H31N7O5S2/c1-18-5-10-25(41-18)42(39,40)33-28(38)32-20-7-9-24(31-16-20)35-17-23(26(36)30-11-14-34-12-3-4-13-34)22-15-19(29-2)6-8-21(22)27(35)37/h5-10,15-17,29H,3-4,11-14H2,1-2H3,(H,30,36)(H2,32,33,38). The number of sulfonamides is 1. The van der Waals surface area contributed by atoms with Crippen LogP contribution in [-0.4, -0.2) is 68.0 Å². The number of carbonyl (C=O) groups is 2. The SMILES string of the molecule is CNc1ccc2c(=O)n(-c3ccc(NC(=O)NS(=O)(=O)c4ccc(C)s4)cn3)cc(C(=O)NCCN3CCCC3)c2c1. The second-order valence-corrected chi connectivity index (χ2v) is 13.1. The number of fused-ring (bicyclic) bond motifs is 1. The second-order valence-electron chi connectivity index (χ2n) is 9.86. The van der Waals surface area contributed by atoms with Crippen molar-refractivity contribution in [2.24, 2.45) is 0 Å². The van der Waals surface area contributed by atoms with Crippen molar-refractivity contribution in [2.75, 3.05) is 43.9 Å². The van der Waals surface area contributed by atoms with Crippen LogP contribution >= 0.6 is 11.3 Å². The average molecular weight is 610 g/mol. The minimum Gasteiger partial charge on any atom is -0.388 e. The van der Waals surface area contributed by atoms with Gasteiger partial charge in [-0.15, -0.1) is 11.3 Å². The van der Waals surface area contributed by atoms with Gasteiger partial charge in [0.2, 0.25) is 0 Å². The number of amides is 3. The number of nitrogens with one attached hydrogen (secondary N) is 4. The number of anilines is 2. The lowest BCUT2D eigenvalue weighted by atomic mass is 10.1. The summed E-state index contributed by atoms with van der Waals surface area (Å²) in [6, 6.07) is 10.3. The van der Waals surface area contributed by atoms with Crippen molar-refractivity contribution in [1.29, 1.82) is 0 Å². The Kier molecular flexibility index (Phi) is 8.56. The summed E-state index contributed by atoms with van der Waals surface area (Å²) in [4.78, 5) is 46.6. The summed E-state index contributed by atoms with van der Waals surface area (Å²) in [5.41, 5.74) is 0.917. The van der Waals surface area contributed by atoms with E-state index in [1.165, 1.54) is 35.2 Å². The topological polar surface area (TPSA) is 155 Å². The zero-order chi connectivity index (χ0) is 29.9.